The van der Waals surface area contributed by atoms with Crippen molar-refractivity contribution in [3.05, 3.63) is 0 Å². The van der Waals surface area contributed by atoms with E-state index in [1.165, 1.54) is 14.0 Å². The van der Waals surface area contributed by atoms with Crippen LogP contribution in [0.1, 0.15) is 26.2 Å². The lowest BCUT2D eigenvalue weighted by atomic mass is 9.90. The van der Waals surface area contributed by atoms with E-state index in [0.29, 0.717) is 13.0 Å². The third kappa shape index (κ3) is 2.92. The van der Waals surface area contributed by atoms with Crippen molar-refractivity contribution >= 4 is 11.9 Å². The van der Waals surface area contributed by atoms with Crippen molar-refractivity contribution in [2.45, 2.75) is 31.8 Å². The summed E-state index contributed by atoms with van der Waals surface area (Å²) >= 11 is 0. The molecular weight excluding hydrogens is 198 g/mol. The van der Waals surface area contributed by atoms with E-state index in [4.69, 9.17) is 4.74 Å². The number of carbonyl (C=O) groups excluding carboxylic acids is 2. The van der Waals surface area contributed by atoms with Crippen LogP contribution in [-0.4, -0.2) is 37.7 Å². The molecule has 1 N–H and O–H groups in total. The van der Waals surface area contributed by atoms with Crippen molar-refractivity contribution in [2.24, 2.45) is 0 Å². The van der Waals surface area contributed by atoms with E-state index < -0.39 is 11.7 Å². The van der Waals surface area contributed by atoms with E-state index in [1.807, 2.05) is 0 Å². The van der Waals surface area contributed by atoms with Crippen LogP contribution < -0.4 is 5.32 Å². The zero-order valence-electron chi connectivity index (χ0n) is 9.17. The van der Waals surface area contributed by atoms with Gasteiger partial charge in [0.1, 0.15) is 5.60 Å². The number of nitrogens with one attached hydrogen (secondary N) is 1. The first-order chi connectivity index (χ1) is 7.10. The summed E-state index contributed by atoms with van der Waals surface area (Å²) in [4.78, 5) is 22.4. The molecule has 0 bridgehead atoms. The van der Waals surface area contributed by atoms with Gasteiger partial charge in [-0.15, -0.1) is 0 Å². The van der Waals surface area contributed by atoms with Crippen LogP contribution in [0.25, 0.3) is 0 Å². The fraction of sp³-hybridized carbons (Fsp3) is 0.800. The Kier molecular flexibility index (Phi) is 4.08. The number of rotatable bonds is 3. The normalized spacial score (nSPS) is 25.7. The van der Waals surface area contributed by atoms with Crippen molar-refractivity contribution in [1.29, 1.82) is 0 Å². The summed E-state index contributed by atoms with van der Waals surface area (Å²) in [5.41, 5.74) is -0.841. The van der Waals surface area contributed by atoms with Gasteiger partial charge in [-0.05, 0) is 26.2 Å². The molecule has 1 aliphatic heterocycles. The van der Waals surface area contributed by atoms with Crippen molar-refractivity contribution in [3.63, 3.8) is 0 Å². The monoisotopic (exact) mass is 215 g/mol. The number of hydrogen-bond acceptors (Lipinski definition) is 4. The zero-order chi connectivity index (χ0) is 11.3. The van der Waals surface area contributed by atoms with E-state index in [1.54, 1.807) is 0 Å². The van der Waals surface area contributed by atoms with E-state index in [0.717, 1.165) is 12.8 Å². The number of alkyl carbamates (subject to hydrolysis) is 1. The molecule has 0 saturated carbocycles. The summed E-state index contributed by atoms with van der Waals surface area (Å²) in [6.07, 6.45) is 2.03. The molecule has 86 valence electrons. The second kappa shape index (κ2) is 5.11. The highest BCUT2D eigenvalue weighted by atomic mass is 16.5. The maximum Gasteiger partial charge on any atom is 0.406 e. The minimum absolute atomic E-state index is 0.0430. The lowest BCUT2D eigenvalue weighted by Gasteiger charge is -2.34. The highest BCUT2D eigenvalue weighted by Crippen LogP contribution is 2.25. The molecule has 5 nitrogen and oxygen atoms in total. The molecule has 15 heavy (non-hydrogen) atoms. The van der Waals surface area contributed by atoms with E-state index in [-0.39, 0.29) is 12.3 Å². The van der Waals surface area contributed by atoms with Gasteiger partial charge in [0, 0.05) is 6.61 Å². The second-order valence-electron chi connectivity index (χ2n) is 3.70. The predicted molar refractivity (Wildman–Crippen MR) is 53.6 cm³/mol. The van der Waals surface area contributed by atoms with Crippen LogP contribution >= 0.6 is 0 Å². The molecule has 0 aromatic heterocycles. The summed E-state index contributed by atoms with van der Waals surface area (Å²) in [7, 11) is 1.29. The highest BCUT2D eigenvalue weighted by molar-refractivity contribution is 5.86. The Labute approximate surface area is 89.1 Å². The number of amides is 1. The Balaban J connectivity index is 2.57. The second-order valence-corrected chi connectivity index (χ2v) is 3.70. The maximum absolute atomic E-state index is 11.5. The lowest BCUT2D eigenvalue weighted by molar-refractivity contribution is -0.147. The minimum atomic E-state index is -0.841. The van der Waals surface area contributed by atoms with Gasteiger partial charge in [-0.25, -0.2) is 4.79 Å². The van der Waals surface area contributed by atoms with E-state index >= 15 is 0 Å². The number of carbonyl (C=O) groups is 2. The average molecular weight is 215 g/mol. The fourth-order valence-electron chi connectivity index (χ4n) is 1.68. The number of ketones is 1. The van der Waals surface area contributed by atoms with E-state index in [2.05, 4.69) is 10.1 Å². The molecule has 1 fully saturated rings. The number of hydrogen-bond donors (Lipinski definition) is 1. The van der Waals surface area contributed by atoms with Crippen LogP contribution in [0.15, 0.2) is 0 Å². The third-order valence-corrected chi connectivity index (χ3v) is 2.70. The Morgan fingerprint density at radius 1 is 1.47 bits per heavy atom. The molecule has 0 aliphatic carbocycles. The zero-order valence-corrected chi connectivity index (χ0v) is 9.17. The number of ether oxygens (including phenoxy) is 2. The first kappa shape index (κ1) is 12.0. The quantitative estimate of drug-likeness (QED) is 0.758. The summed E-state index contributed by atoms with van der Waals surface area (Å²) in [5, 5.41) is 2.52. The van der Waals surface area contributed by atoms with Crippen LogP contribution in [0.4, 0.5) is 4.79 Å². The van der Waals surface area contributed by atoms with Gasteiger partial charge in [-0.1, -0.05) is 0 Å². The molecule has 1 heterocycles. The molecule has 5 heteroatoms. The van der Waals surface area contributed by atoms with Crippen molar-refractivity contribution < 1.29 is 19.1 Å². The number of Topliss-reactive ketones (excluding diaryl/α,β-unsaturated/α-hetero) is 1. The molecule has 0 aromatic carbocycles. The maximum atomic E-state index is 11.5. The number of methoxy groups -OCH3 is 1. The van der Waals surface area contributed by atoms with Crippen LogP contribution in [0.2, 0.25) is 0 Å². The Bertz CT molecular complexity index is 246. The molecule has 1 amide bonds. The van der Waals surface area contributed by atoms with Gasteiger partial charge >= 0.3 is 6.09 Å². The molecule has 0 radical (unpaired) electrons. The van der Waals surface area contributed by atoms with Crippen LogP contribution in [0.3, 0.4) is 0 Å². The molecule has 1 unspecified atom stereocenters. The van der Waals surface area contributed by atoms with Crippen LogP contribution in [-0.2, 0) is 14.3 Å². The Morgan fingerprint density at radius 3 is 2.67 bits per heavy atom. The fourth-order valence-corrected chi connectivity index (χ4v) is 1.68. The Hall–Kier alpha value is -1.10. The van der Waals surface area contributed by atoms with Crippen LogP contribution in [0, 0.1) is 0 Å². The van der Waals surface area contributed by atoms with Gasteiger partial charge in [0.15, 0.2) is 5.78 Å². The standard InChI is InChI=1S/C10H17NO4/c1-8(12)10(5-3-4-6-15-10)7-11-9(13)14-2/h3-7H2,1-2H3,(H,11,13). The van der Waals surface area contributed by atoms with Crippen LogP contribution in [0.5, 0.6) is 0 Å². The minimum Gasteiger partial charge on any atom is -0.453 e. The van der Waals surface area contributed by atoms with Crippen molar-refractivity contribution in [1.82, 2.24) is 5.32 Å². The van der Waals surface area contributed by atoms with Crippen molar-refractivity contribution in [2.75, 3.05) is 20.3 Å². The molecule has 1 rings (SSSR count). The lowest BCUT2D eigenvalue weighted by Crippen LogP contribution is -2.51. The molecule has 0 spiro atoms. The van der Waals surface area contributed by atoms with Gasteiger partial charge in [0.2, 0.25) is 0 Å². The van der Waals surface area contributed by atoms with Crippen molar-refractivity contribution in [3.8, 4) is 0 Å². The molecule has 1 aliphatic rings. The summed E-state index contributed by atoms with van der Waals surface area (Å²) in [6.45, 7) is 2.25. The topological polar surface area (TPSA) is 64.6 Å². The first-order valence-corrected chi connectivity index (χ1v) is 5.07. The predicted octanol–water partition coefficient (Wildman–Crippen LogP) is 0.871. The Morgan fingerprint density at radius 2 is 2.20 bits per heavy atom. The largest absolute Gasteiger partial charge is 0.453 e. The van der Waals surface area contributed by atoms with Gasteiger partial charge in [-0.3, -0.25) is 4.79 Å². The average Bonchev–Trinajstić information content (AvgIpc) is 2.27. The molecule has 1 saturated heterocycles. The van der Waals surface area contributed by atoms with E-state index in [9.17, 15) is 9.59 Å². The van der Waals surface area contributed by atoms with Gasteiger partial charge in [0.05, 0.1) is 13.7 Å². The summed E-state index contributed by atoms with van der Waals surface area (Å²) < 4.78 is 9.95. The third-order valence-electron chi connectivity index (χ3n) is 2.70. The van der Waals surface area contributed by atoms with Gasteiger partial charge < -0.3 is 14.8 Å². The smallest absolute Gasteiger partial charge is 0.406 e. The first-order valence-electron chi connectivity index (χ1n) is 5.07. The highest BCUT2D eigenvalue weighted by Gasteiger charge is 2.38. The summed E-state index contributed by atoms with van der Waals surface area (Å²) in [6, 6.07) is 0. The SMILES string of the molecule is COC(=O)NCC1(C(C)=O)CCCCO1. The molecule has 1 atom stereocenters. The summed E-state index contributed by atoms with van der Waals surface area (Å²) in [5.74, 6) is -0.0430. The molecule has 0 aromatic rings. The molecular formula is C10H17NO4. The van der Waals surface area contributed by atoms with Gasteiger partial charge in [0.25, 0.3) is 0 Å². The van der Waals surface area contributed by atoms with Gasteiger partial charge in [-0.2, -0.15) is 0 Å².